The van der Waals surface area contributed by atoms with Crippen LogP contribution < -0.4 is 5.32 Å². The fourth-order valence-corrected chi connectivity index (χ4v) is 4.33. The van der Waals surface area contributed by atoms with Crippen LogP contribution in [0.25, 0.3) is 0 Å². The number of nitrogens with zero attached hydrogens (tertiary/aromatic N) is 2. The van der Waals surface area contributed by atoms with E-state index in [2.05, 4.69) is 21.7 Å². The Labute approximate surface area is 131 Å². The van der Waals surface area contributed by atoms with Crippen molar-refractivity contribution < 1.29 is 4.79 Å². The minimum absolute atomic E-state index is 0.105. The molecule has 5 heteroatoms. The summed E-state index contributed by atoms with van der Waals surface area (Å²) in [5, 5.41) is 5.50. The molecular weight excluding hydrogens is 282 g/mol. The first-order chi connectivity index (χ1) is 10.3. The predicted octanol–water partition coefficient (Wildman–Crippen LogP) is 1.53. The van der Waals surface area contributed by atoms with Crippen LogP contribution in [0, 0.1) is 0 Å². The van der Waals surface area contributed by atoms with E-state index in [0.717, 1.165) is 58.5 Å². The predicted molar refractivity (Wildman–Crippen MR) is 86.9 cm³/mol. The van der Waals surface area contributed by atoms with Gasteiger partial charge in [-0.05, 0) is 36.3 Å². The third-order valence-electron chi connectivity index (χ3n) is 4.69. The van der Waals surface area contributed by atoms with Gasteiger partial charge in [-0.3, -0.25) is 9.69 Å². The fourth-order valence-electron chi connectivity index (χ4n) is 3.35. The number of rotatable bonds is 4. The van der Waals surface area contributed by atoms with Crippen LogP contribution in [0.2, 0.25) is 0 Å². The largest absolute Gasteiger partial charge is 0.344 e. The van der Waals surface area contributed by atoms with Crippen LogP contribution in [0.5, 0.6) is 0 Å². The van der Waals surface area contributed by atoms with Gasteiger partial charge in [-0.1, -0.05) is 0 Å². The zero-order valence-electron chi connectivity index (χ0n) is 12.8. The molecule has 0 bridgehead atoms. The number of aryl methyl sites for hydroxylation is 1. The Hall–Kier alpha value is -0.910. The first-order valence-electron chi connectivity index (χ1n) is 8.00. The van der Waals surface area contributed by atoms with Gasteiger partial charge in [-0.2, -0.15) is 0 Å². The summed E-state index contributed by atoms with van der Waals surface area (Å²) in [6.07, 6.45) is 3.32. The molecule has 1 unspecified atom stereocenters. The molecule has 4 nitrogen and oxygen atoms in total. The van der Waals surface area contributed by atoms with Crippen molar-refractivity contribution in [3.8, 4) is 0 Å². The van der Waals surface area contributed by atoms with E-state index >= 15 is 0 Å². The molecule has 1 aromatic rings. The molecule has 21 heavy (non-hydrogen) atoms. The lowest BCUT2D eigenvalue weighted by atomic mass is 9.87. The van der Waals surface area contributed by atoms with Gasteiger partial charge < -0.3 is 10.2 Å². The molecule has 2 aliphatic rings. The van der Waals surface area contributed by atoms with Crippen LogP contribution in [-0.4, -0.2) is 62.0 Å². The molecule has 0 saturated carbocycles. The maximum atomic E-state index is 12.7. The maximum Gasteiger partial charge on any atom is 0.229 e. The standard InChI is InChI=1S/C16H25N3OS/c1-18(10-11-19-8-6-17-7-9-19)16(20)14-3-2-4-15-13(14)5-12-21-15/h5,12,14,17H,2-4,6-11H2,1H3. The summed E-state index contributed by atoms with van der Waals surface area (Å²) in [5.41, 5.74) is 1.30. The Morgan fingerprint density at radius 2 is 2.29 bits per heavy atom. The highest BCUT2D eigenvalue weighted by Crippen LogP contribution is 2.35. The quantitative estimate of drug-likeness (QED) is 0.916. The van der Waals surface area contributed by atoms with Gasteiger partial charge in [-0.25, -0.2) is 0 Å². The van der Waals surface area contributed by atoms with E-state index in [-0.39, 0.29) is 5.92 Å². The summed E-state index contributed by atoms with van der Waals surface area (Å²) in [5.74, 6) is 0.414. The molecule has 3 rings (SSSR count). The van der Waals surface area contributed by atoms with Crippen molar-refractivity contribution in [1.82, 2.24) is 15.1 Å². The zero-order valence-corrected chi connectivity index (χ0v) is 13.6. The topological polar surface area (TPSA) is 35.6 Å². The van der Waals surface area contributed by atoms with Gasteiger partial charge in [0, 0.05) is 51.2 Å². The van der Waals surface area contributed by atoms with Crippen molar-refractivity contribution in [1.29, 1.82) is 0 Å². The van der Waals surface area contributed by atoms with Crippen molar-refractivity contribution in [3.63, 3.8) is 0 Å². The maximum absolute atomic E-state index is 12.7. The molecule has 0 aromatic carbocycles. The number of hydrogen-bond donors (Lipinski definition) is 1. The number of amides is 1. The Bertz CT molecular complexity index is 482. The lowest BCUT2D eigenvalue weighted by molar-refractivity contribution is -0.132. The highest BCUT2D eigenvalue weighted by Gasteiger charge is 2.29. The Balaban J connectivity index is 1.55. The molecule has 1 aromatic heterocycles. The molecule has 1 aliphatic carbocycles. The minimum atomic E-state index is 0.105. The Kier molecular flexibility index (Phi) is 4.93. The molecule has 0 radical (unpaired) electrons. The Morgan fingerprint density at radius 3 is 3.10 bits per heavy atom. The molecule has 1 aliphatic heterocycles. The summed E-state index contributed by atoms with van der Waals surface area (Å²) >= 11 is 1.81. The highest BCUT2D eigenvalue weighted by atomic mass is 32.1. The van der Waals surface area contributed by atoms with Crippen LogP contribution in [0.15, 0.2) is 11.4 Å². The molecule has 116 valence electrons. The molecule has 1 N–H and O–H groups in total. The summed E-state index contributed by atoms with van der Waals surface area (Å²) in [4.78, 5) is 18.5. The molecule has 1 amide bonds. The zero-order chi connectivity index (χ0) is 14.7. The van der Waals surface area contributed by atoms with Crippen molar-refractivity contribution >= 4 is 17.2 Å². The van der Waals surface area contributed by atoms with Crippen LogP contribution in [0.3, 0.4) is 0 Å². The second-order valence-electron chi connectivity index (χ2n) is 6.10. The van der Waals surface area contributed by atoms with E-state index in [1.807, 2.05) is 23.3 Å². The van der Waals surface area contributed by atoms with Gasteiger partial charge in [0.05, 0.1) is 5.92 Å². The molecule has 2 heterocycles. The number of carbonyl (C=O) groups is 1. The number of likely N-dealkylation sites (N-methyl/N-ethyl adjacent to an activating group) is 1. The number of nitrogens with one attached hydrogen (secondary N) is 1. The number of carbonyl (C=O) groups excluding carboxylic acids is 1. The number of piperazine rings is 1. The van der Waals surface area contributed by atoms with E-state index in [9.17, 15) is 4.79 Å². The van der Waals surface area contributed by atoms with Crippen LogP contribution in [0.1, 0.15) is 29.2 Å². The second-order valence-corrected chi connectivity index (χ2v) is 7.10. The molecular formula is C16H25N3OS. The SMILES string of the molecule is CN(CCN1CCNCC1)C(=O)C1CCCc2sccc21. The molecule has 0 spiro atoms. The first kappa shape index (κ1) is 15.0. The van der Waals surface area contributed by atoms with Gasteiger partial charge in [0.1, 0.15) is 0 Å². The third-order valence-corrected chi connectivity index (χ3v) is 5.68. The van der Waals surface area contributed by atoms with Crippen LogP contribution in [0.4, 0.5) is 0 Å². The number of fused-ring (bicyclic) bond motifs is 1. The Morgan fingerprint density at radius 1 is 1.48 bits per heavy atom. The van der Waals surface area contributed by atoms with Gasteiger partial charge in [0.15, 0.2) is 0 Å². The summed E-state index contributed by atoms with van der Waals surface area (Å²) in [6.45, 7) is 6.17. The molecule has 1 fully saturated rings. The van der Waals surface area contributed by atoms with Crippen LogP contribution in [-0.2, 0) is 11.2 Å². The van der Waals surface area contributed by atoms with Crippen molar-refractivity contribution in [2.45, 2.75) is 25.2 Å². The molecule has 1 atom stereocenters. The van der Waals surface area contributed by atoms with Gasteiger partial charge in [0.25, 0.3) is 0 Å². The number of hydrogen-bond acceptors (Lipinski definition) is 4. The van der Waals surface area contributed by atoms with Crippen molar-refractivity contribution in [3.05, 3.63) is 21.9 Å². The van der Waals surface area contributed by atoms with Crippen molar-refractivity contribution in [2.75, 3.05) is 46.3 Å². The summed E-state index contributed by atoms with van der Waals surface area (Å²) in [6, 6.07) is 2.16. The first-order valence-corrected chi connectivity index (χ1v) is 8.88. The van der Waals surface area contributed by atoms with E-state index in [0.29, 0.717) is 5.91 Å². The smallest absolute Gasteiger partial charge is 0.229 e. The van der Waals surface area contributed by atoms with Gasteiger partial charge in [0.2, 0.25) is 5.91 Å². The average Bonchev–Trinajstić information content (AvgIpc) is 3.01. The minimum Gasteiger partial charge on any atom is -0.344 e. The normalized spacial score (nSPS) is 22.8. The van der Waals surface area contributed by atoms with E-state index in [1.165, 1.54) is 10.4 Å². The van der Waals surface area contributed by atoms with Crippen LogP contribution >= 0.6 is 11.3 Å². The average molecular weight is 307 g/mol. The van der Waals surface area contributed by atoms with Gasteiger partial charge >= 0.3 is 0 Å². The molecule has 1 saturated heterocycles. The van der Waals surface area contributed by atoms with E-state index in [1.54, 1.807) is 0 Å². The van der Waals surface area contributed by atoms with Gasteiger partial charge in [-0.15, -0.1) is 11.3 Å². The summed E-state index contributed by atoms with van der Waals surface area (Å²) < 4.78 is 0. The van der Waals surface area contributed by atoms with E-state index < -0.39 is 0 Å². The fraction of sp³-hybridized carbons (Fsp3) is 0.688. The van der Waals surface area contributed by atoms with E-state index in [4.69, 9.17) is 0 Å². The summed E-state index contributed by atoms with van der Waals surface area (Å²) in [7, 11) is 1.96. The van der Waals surface area contributed by atoms with Crippen molar-refractivity contribution in [2.24, 2.45) is 0 Å². The monoisotopic (exact) mass is 307 g/mol. The second kappa shape index (κ2) is 6.90. The number of thiophene rings is 1. The third kappa shape index (κ3) is 3.47. The lowest BCUT2D eigenvalue weighted by Gasteiger charge is -2.31. The lowest BCUT2D eigenvalue weighted by Crippen LogP contribution is -2.47. The highest BCUT2D eigenvalue weighted by molar-refractivity contribution is 7.10.